The second-order valence-electron chi connectivity index (χ2n) is 18.3. The molecule has 0 saturated heterocycles. The summed E-state index contributed by atoms with van der Waals surface area (Å²) < 4.78 is 36.3. The lowest BCUT2D eigenvalue weighted by atomic mass is 9.98. The van der Waals surface area contributed by atoms with Gasteiger partial charge in [0.15, 0.2) is 19.8 Å². The first kappa shape index (κ1) is 48.3. The highest BCUT2D eigenvalue weighted by molar-refractivity contribution is 6.76. The second-order valence-corrected chi connectivity index (χ2v) is 28.7. The van der Waals surface area contributed by atoms with Crippen molar-refractivity contribution >= 4 is 34.4 Å². The summed E-state index contributed by atoms with van der Waals surface area (Å²) in [5.41, 5.74) is 4.86. The molecular weight excluding hydrogens is 827 g/mol. The van der Waals surface area contributed by atoms with E-state index in [1.807, 2.05) is 115 Å². The van der Waals surface area contributed by atoms with Crippen LogP contribution in [-0.4, -0.2) is 53.7 Å². The maximum absolute atomic E-state index is 13.8. The molecule has 334 valence electrons. The molecule has 1 amide bonds. The van der Waals surface area contributed by atoms with Gasteiger partial charge in [-0.1, -0.05) is 144 Å². The molecule has 5 rings (SSSR count). The quantitative estimate of drug-likeness (QED) is 0.0436. The summed E-state index contributed by atoms with van der Waals surface area (Å²) in [6.45, 7) is 18.5. The van der Waals surface area contributed by atoms with Crippen LogP contribution in [0, 0.1) is 0 Å². The highest BCUT2D eigenvalue weighted by Crippen LogP contribution is 2.38. The number of nitrogens with one attached hydrogen (secondary N) is 1. The van der Waals surface area contributed by atoms with Crippen LogP contribution < -0.4 is 19.5 Å². The van der Waals surface area contributed by atoms with Crippen LogP contribution in [-0.2, 0) is 49.7 Å². The van der Waals surface area contributed by atoms with Gasteiger partial charge in [-0.05, 0) is 81.8 Å². The van der Waals surface area contributed by atoms with Gasteiger partial charge in [0.1, 0.15) is 31.6 Å². The molecule has 10 nitrogen and oxygen atoms in total. The van der Waals surface area contributed by atoms with Crippen LogP contribution in [0.15, 0.2) is 127 Å². The van der Waals surface area contributed by atoms with Gasteiger partial charge in [-0.2, -0.15) is 0 Å². The summed E-state index contributed by atoms with van der Waals surface area (Å²) in [4.78, 5) is 40.5. The summed E-state index contributed by atoms with van der Waals surface area (Å²) in [5, 5.41) is 2.78. The lowest BCUT2D eigenvalue weighted by Gasteiger charge is -2.36. The number of hydrogen-bond acceptors (Lipinski definition) is 9. The molecule has 0 radical (unpaired) electrons. The maximum Gasteiger partial charge on any atom is 0.408 e. The fourth-order valence-corrected chi connectivity index (χ4v) is 7.83. The monoisotopic (exact) mass is 889 g/mol. The molecule has 5 aromatic carbocycles. The first-order valence-corrected chi connectivity index (χ1v) is 28.2. The number of amides is 1. The van der Waals surface area contributed by atoms with Crippen molar-refractivity contribution in [3.8, 4) is 28.4 Å². The van der Waals surface area contributed by atoms with Crippen molar-refractivity contribution in [2.75, 3.05) is 13.2 Å². The number of hydrogen-bond donors (Lipinski definition) is 1. The summed E-state index contributed by atoms with van der Waals surface area (Å²) in [7, 11) is -3.60. The predicted molar refractivity (Wildman–Crippen MR) is 253 cm³/mol. The first-order valence-electron chi connectivity index (χ1n) is 21.5. The zero-order valence-corrected chi connectivity index (χ0v) is 40.0. The molecule has 0 fully saturated rings. The first-order chi connectivity index (χ1) is 30.0. The van der Waals surface area contributed by atoms with E-state index in [1.54, 1.807) is 12.1 Å². The molecular formula is C51H63NO9Si2. The van der Waals surface area contributed by atoms with Gasteiger partial charge in [0, 0.05) is 21.1 Å². The van der Waals surface area contributed by atoms with Gasteiger partial charge in [0.25, 0.3) is 0 Å². The number of carbonyl (C=O) groups excluding carboxylic acids is 3. The Morgan fingerprint density at radius 1 is 0.603 bits per heavy atom. The number of esters is 2. The van der Waals surface area contributed by atoms with E-state index in [0.29, 0.717) is 17.1 Å². The largest absolute Gasteiger partial charge is 0.489 e. The average molecular weight is 890 g/mol. The zero-order chi connectivity index (χ0) is 45.5. The third-order valence-corrected chi connectivity index (χ3v) is 17.2. The maximum atomic E-state index is 13.8. The minimum Gasteiger partial charge on any atom is -0.489 e. The Bertz CT molecular complexity index is 2240. The molecule has 0 saturated carbocycles. The van der Waals surface area contributed by atoms with Crippen LogP contribution in [0.4, 0.5) is 4.79 Å². The Balaban J connectivity index is 1.46. The Morgan fingerprint density at radius 2 is 1.13 bits per heavy atom. The van der Waals surface area contributed by atoms with Crippen LogP contribution in [0.5, 0.6) is 17.2 Å². The van der Waals surface area contributed by atoms with Crippen molar-refractivity contribution in [2.24, 2.45) is 0 Å². The SMILES string of the molecule is CC(C)(C)[Si](C)(C)OCCC(=O)Oc1cc(-c2ccc(OCc3ccccc3)c(C[C@H](NC(=O)OCc3ccccc3)C(=O)OCC[Si](C)(C)C)c2)ccc1OCc1ccccc1. The van der Waals surface area contributed by atoms with Gasteiger partial charge in [-0.3, -0.25) is 4.79 Å². The smallest absolute Gasteiger partial charge is 0.408 e. The van der Waals surface area contributed by atoms with E-state index >= 15 is 0 Å². The Labute approximate surface area is 375 Å². The third kappa shape index (κ3) is 15.9. The van der Waals surface area contributed by atoms with E-state index in [-0.39, 0.29) is 56.7 Å². The van der Waals surface area contributed by atoms with Crippen LogP contribution >= 0.6 is 0 Å². The van der Waals surface area contributed by atoms with Gasteiger partial charge in [0.2, 0.25) is 0 Å². The summed E-state index contributed by atoms with van der Waals surface area (Å²) in [5.74, 6) is 0.178. The molecule has 0 spiro atoms. The summed E-state index contributed by atoms with van der Waals surface area (Å²) in [6.07, 6.45) is -0.637. The molecule has 0 aromatic heterocycles. The molecule has 0 bridgehead atoms. The van der Waals surface area contributed by atoms with Crippen molar-refractivity contribution in [3.63, 3.8) is 0 Å². The zero-order valence-electron chi connectivity index (χ0n) is 38.0. The highest BCUT2D eigenvalue weighted by atomic mass is 28.4. The lowest BCUT2D eigenvalue weighted by molar-refractivity contribution is -0.145. The van der Waals surface area contributed by atoms with Gasteiger partial charge in [-0.25, -0.2) is 9.59 Å². The van der Waals surface area contributed by atoms with E-state index < -0.39 is 40.5 Å². The van der Waals surface area contributed by atoms with Crippen molar-refractivity contribution in [1.29, 1.82) is 0 Å². The van der Waals surface area contributed by atoms with E-state index in [4.69, 9.17) is 28.1 Å². The number of ether oxygens (including phenoxy) is 5. The van der Waals surface area contributed by atoms with Gasteiger partial charge in [-0.15, -0.1) is 0 Å². The van der Waals surface area contributed by atoms with Gasteiger partial charge in [0.05, 0.1) is 13.0 Å². The van der Waals surface area contributed by atoms with Crippen LogP contribution in [0.25, 0.3) is 11.1 Å². The van der Waals surface area contributed by atoms with Crippen LogP contribution in [0.1, 0.15) is 49.4 Å². The third-order valence-electron chi connectivity index (χ3n) is 10.9. The van der Waals surface area contributed by atoms with E-state index in [0.717, 1.165) is 33.9 Å². The Morgan fingerprint density at radius 3 is 1.68 bits per heavy atom. The molecule has 1 N–H and O–H groups in total. The fourth-order valence-electron chi connectivity index (χ4n) is 6.07. The average Bonchev–Trinajstić information content (AvgIpc) is 3.24. The summed E-state index contributed by atoms with van der Waals surface area (Å²) in [6, 6.07) is 39.7. The molecule has 1 atom stereocenters. The minimum atomic E-state index is -2.08. The van der Waals surface area contributed by atoms with Gasteiger partial charge < -0.3 is 33.4 Å². The summed E-state index contributed by atoms with van der Waals surface area (Å²) >= 11 is 0. The number of alkyl carbamates (subject to hydrolysis) is 1. The second kappa shape index (κ2) is 22.6. The van der Waals surface area contributed by atoms with E-state index in [9.17, 15) is 14.4 Å². The molecule has 0 aliphatic heterocycles. The molecule has 0 heterocycles. The van der Waals surface area contributed by atoms with Crippen molar-refractivity contribution in [3.05, 3.63) is 150 Å². The van der Waals surface area contributed by atoms with E-state index in [1.165, 1.54) is 0 Å². The molecule has 12 heteroatoms. The van der Waals surface area contributed by atoms with E-state index in [2.05, 4.69) is 58.8 Å². The van der Waals surface area contributed by atoms with Crippen molar-refractivity contribution < 1.29 is 42.5 Å². The Kier molecular flexibility index (Phi) is 17.3. The Hall–Kier alpha value is -5.70. The van der Waals surface area contributed by atoms with Crippen LogP contribution in [0.2, 0.25) is 43.8 Å². The minimum absolute atomic E-state index is 0.000389. The van der Waals surface area contributed by atoms with Crippen LogP contribution in [0.3, 0.4) is 0 Å². The number of carbonyl (C=O) groups is 3. The van der Waals surface area contributed by atoms with Gasteiger partial charge >= 0.3 is 18.0 Å². The molecule has 63 heavy (non-hydrogen) atoms. The lowest BCUT2D eigenvalue weighted by Crippen LogP contribution is -2.44. The fraction of sp³-hybridized carbons (Fsp3) is 0.353. The van der Waals surface area contributed by atoms with Crippen molar-refractivity contribution in [1.82, 2.24) is 5.32 Å². The molecule has 0 aliphatic carbocycles. The highest BCUT2D eigenvalue weighted by Gasteiger charge is 2.37. The predicted octanol–water partition coefficient (Wildman–Crippen LogP) is 11.5. The molecule has 0 unspecified atom stereocenters. The standard InChI is InChI=1S/C51H63NO9Si2/c1-51(2,3)63(7,8)60-29-28-48(53)61-47-34-42(25-27-46(47)58-36-39-20-14-10-15-21-39)41-24-26-45(57-35-38-18-12-9-13-19-38)43(32-41)33-44(49(54)56-30-31-62(4,5)6)52-50(55)59-37-40-22-16-11-17-23-40/h9-27,32,34,44H,28-31,33,35-37H2,1-8H3,(H,52,55)/t44-/m0/s1. The normalized spacial score (nSPS) is 12.2. The molecule has 0 aliphatic rings. The number of benzene rings is 5. The number of rotatable bonds is 21. The topological polar surface area (TPSA) is 119 Å². The molecule has 5 aromatic rings. The van der Waals surface area contributed by atoms with Crippen molar-refractivity contribution in [2.45, 2.75) is 103 Å².